The molecule has 1 aromatic heterocycles. The molecule has 1 heterocycles. The minimum absolute atomic E-state index is 0.0661. The molecule has 0 aliphatic heterocycles. The lowest BCUT2D eigenvalue weighted by atomic mass is 10.2. The number of ether oxygens (including phenoxy) is 2. The molecule has 9 nitrogen and oxygen atoms in total. The van der Waals surface area contributed by atoms with Gasteiger partial charge >= 0.3 is 12.6 Å². The minimum atomic E-state index is -2.97. The number of halogens is 2. The van der Waals surface area contributed by atoms with Gasteiger partial charge in [-0.1, -0.05) is 23.9 Å². The smallest absolute Gasteiger partial charge is 0.387 e. The number of alkyl halides is 2. The molecule has 2 aromatic carbocycles. The van der Waals surface area contributed by atoms with Crippen molar-refractivity contribution in [3.63, 3.8) is 0 Å². The summed E-state index contributed by atoms with van der Waals surface area (Å²) < 4.78 is 35.3. The number of imide groups is 1. The molecule has 0 radical (unpaired) electrons. The lowest BCUT2D eigenvalue weighted by molar-refractivity contribution is -0.117. The first-order valence-electron chi connectivity index (χ1n) is 9.65. The van der Waals surface area contributed by atoms with Crippen molar-refractivity contribution in [2.45, 2.75) is 11.8 Å². The van der Waals surface area contributed by atoms with E-state index in [4.69, 9.17) is 4.74 Å². The maximum Gasteiger partial charge on any atom is 0.387 e. The molecule has 0 spiro atoms. The molecule has 0 atom stereocenters. The van der Waals surface area contributed by atoms with E-state index in [-0.39, 0.29) is 23.2 Å². The normalized spacial score (nSPS) is 10.9. The molecular formula is C21H20F2N4O5S. The second kappa shape index (κ2) is 11.4. The highest BCUT2D eigenvalue weighted by Gasteiger charge is 2.16. The van der Waals surface area contributed by atoms with E-state index < -0.39 is 24.1 Å². The van der Waals surface area contributed by atoms with Gasteiger partial charge in [0.25, 0.3) is 5.56 Å². The molecule has 2 N–H and O–H groups in total. The minimum Gasteiger partial charge on any atom is -0.435 e. The van der Waals surface area contributed by atoms with Crippen LogP contribution in [0.4, 0.5) is 13.6 Å². The van der Waals surface area contributed by atoms with Crippen LogP contribution in [0.1, 0.15) is 0 Å². The van der Waals surface area contributed by atoms with E-state index in [0.717, 1.165) is 11.8 Å². The van der Waals surface area contributed by atoms with Crippen molar-refractivity contribution in [1.82, 2.24) is 20.2 Å². The fourth-order valence-corrected chi connectivity index (χ4v) is 3.63. The van der Waals surface area contributed by atoms with Crippen molar-refractivity contribution < 1.29 is 27.8 Å². The van der Waals surface area contributed by atoms with Gasteiger partial charge in [0.15, 0.2) is 5.16 Å². The summed E-state index contributed by atoms with van der Waals surface area (Å²) in [7, 11) is 1.48. The number of carbonyl (C=O) groups is 2. The number of thioether (sulfide) groups is 1. The summed E-state index contributed by atoms with van der Waals surface area (Å²) in [4.78, 5) is 41.5. The number of carbonyl (C=O) groups excluding carboxylic acids is 2. The molecule has 0 bridgehead atoms. The summed E-state index contributed by atoms with van der Waals surface area (Å²) in [6, 6.07) is 11.5. The number of benzene rings is 2. The van der Waals surface area contributed by atoms with Gasteiger partial charge in [-0.2, -0.15) is 8.78 Å². The third-order valence-electron chi connectivity index (χ3n) is 4.24. The molecule has 3 aromatic rings. The molecule has 3 amide bonds. The summed E-state index contributed by atoms with van der Waals surface area (Å²) in [6.07, 6.45) is 0. The zero-order valence-corrected chi connectivity index (χ0v) is 18.2. The van der Waals surface area contributed by atoms with Gasteiger partial charge in [-0.25, -0.2) is 9.78 Å². The van der Waals surface area contributed by atoms with Crippen LogP contribution in [0.2, 0.25) is 0 Å². The molecular weight excluding hydrogens is 458 g/mol. The maximum atomic E-state index is 13.2. The number of nitrogens with zero attached hydrogens (tertiary/aromatic N) is 2. The fraction of sp³-hybridized carbons (Fsp3) is 0.238. The Morgan fingerprint density at radius 3 is 2.58 bits per heavy atom. The van der Waals surface area contributed by atoms with Crippen molar-refractivity contribution in [2.75, 3.05) is 26.0 Å². The highest BCUT2D eigenvalue weighted by Crippen LogP contribution is 2.23. The fourth-order valence-electron chi connectivity index (χ4n) is 2.82. The largest absolute Gasteiger partial charge is 0.435 e. The molecule has 174 valence electrons. The number of hydrogen-bond acceptors (Lipinski definition) is 7. The van der Waals surface area contributed by atoms with E-state index in [1.165, 1.54) is 35.9 Å². The van der Waals surface area contributed by atoms with Crippen molar-refractivity contribution in [3.8, 4) is 11.4 Å². The number of fused-ring (bicyclic) bond motifs is 1. The zero-order chi connectivity index (χ0) is 23.8. The van der Waals surface area contributed by atoms with Gasteiger partial charge in [-0.3, -0.25) is 19.5 Å². The number of nitrogens with one attached hydrogen (secondary N) is 2. The number of urea groups is 1. The topological polar surface area (TPSA) is 112 Å². The van der Waals surface area contributed by atoms with E-state index in [1.807, 2.05) is 0 Å². The Bertz CT molecular complexity index is 1190. The number of methoxy groups -OCH3 is 1. The van der Waals surface area contributed by atoms with Crippen LogP contribution in [-0.4, -0.2) is 54.1 Å². The number of hydrogen-bond donors (Lipinski definition) is 2. The Morgan fingerprint density at radius 1 is 1.15 bits per heavy atom. The Balaban J connectivity index is 1.85. The molecule has 12 heteroatoms. The first-order valence-corrected chi connectivity index (χ1v) is 10.6. The predicted molar refractivity (Wildman–Crippen MR) is 118 cm³/mol. The lowest BCUT2D eigenvalue weighted by Gasteiger charge is -2.14. The van der Waals surface area contributed by atoms with Gasteiger partial charge in [0, 0.05) is 13.7 Å². The SMILES string of the molecule is COCCNC(=O)NC(=O)CSc1nc2ccccc2c(=O)n1-c1ccc(OC(F)F)cc1. The monoisotopic (exact) mass is 478 g/mol. The number of rotatable bonds is 9. The van der Waals surface area contributed by atoms with E-state index in [1.54, 1.807) is 24.3 Å². The van der Waals surface area contributed by atoms with Crippen molar-refractivity contribution in [3.05, 3.63) is 58.9 Å². The predicted octanol–water partition coefficient (Wildman–Crippen LogP) is 2.55. The van der Waals surface area contributed by atoms with Crippen LogP contribution in [0.5, 0.6) is 5.75 Å². The first-order chi connectivity index (χ1) is 15.9. The van der Waals surface area contributed by atoms with E-state index in [9.17, 15) is 23.2 Å². The van der Waals surface area contributed by atoms with E-state index in [2.05, 4.69) is 20.4 Å². The van der Waals surface area contributed by atoms with E-state index >= 15 is 0 Å². The Morgan fingerprint density at radius 2 is 1.88 bits per heavy atom. The average Bonchev–Trinajstić information content (AvgIpc) is 2.78. The van der Waals surface area contributed by atoms with E-state index in [0.29, 0.717) is 23.2 Å². The van der Waals surface area contributed by atoms with Crippen LogP contribution in [0, 0.1) is 0 Å². The summed E-state index contributed by atoms with van der Waals surface area (Å²) in [6.45, 7) is -2.44. The average molecular weight is 478 g/mol. The zero-order valence-electron chi connectivity index (χ0n) is 17.4. The van der Waals surface area contributed by atoms with Crippen molar-refractivity contribution in [2.24, 2.45) is 0 Å². The standard InChI is InChI=1S/C21H20F2N4O5S/c1-31-11-10-24-20(30)26-17(28)12-33-21-25-16-5-3-2-4-15(16)18(29)27(21)13-6-8-14(9-7-13)32-19(22)23/h2-9,19H,10-12H2,1H3,(H2,24,26,28,30). The Hall–Kier alpha value is -3.51. The van der Waals surface area contributed by atoms with Gasteiger partial charge in [0.1, 0.15) is 5.75 Å². The summed E-state index contributed by atoms with van der Waals surface area (Å²) in [5.74, 6) is -0.858. The molecule has 3 rings (SSSR count). The highest BCUT2D eigenvalue weighted by atomic mass is 32.2. The quantitative estimate of drug-likeness (QED) is 0.276. The van der Waals surface area contributed by atoms with Crippen LogP contribution in [0.15, 0.2) is 58.5 Å². The Labute approximate surface area is 191 Å². The third kappa shape index (κ3) is 6.49. The third-order valence-corrected chi connectivity index (χ3v) is 5.18. The lowest BCUT2D eigenvalue weighted by Crippen LogP contribution is -2.41. The van der Waals surface area contributed by atoms with Gasteiger partial charge in [-0.05, 0) is 36.4 Å². The summed E-state index contributed by atoms with van der Waals surface area (Å²) >= 11 is 0.948. The van der Waals surface area contributed by atoms with Crippen molar-refractivity contribution >= 4 is 34.6 Å². The molecule has 0 saturated heterocycles. The highest BCUT2D eigenvalue weighted by molar-refractivity contribution is 7.99. The number of para-hydroxylation sites is 1. The van der Waals surface area contributed by atoms with Gasteiger partial charge < -0.3 is 14.8 Å². The van der Waals surface area contributed by atoms with Crippen LogP contribution in [0.3, 0.4) is 0 Å². The van der Waals surface area contributed by atoms with Crippen LogP contribution in [0.25, 0.3) is 16.6 Å². The molecule has 0 fully saturated rings. The van der Waals surface area contributed by atoms with Crippen LogP contribution in [-0.2, 0) is 9.53 Å². The maximum absolute atomic E-state index is 13.2. The molecule has 33 heavy (non-hydrogen) atoms. The number of amides is 3. The first kappa shape index (κ1) is 24.1. The summed E-state index contributed by atoms with van der Waals surface area (Å²) in [5.41, 5.74) is 0.375. The van der Waals surface area contributed by atoms with Crippen LogP contribution < -0.4 is 20.9 Å². The van der Waals surface area contributed by atoms with Gasteiger partial charge in [0.2, 0.25) is 5.91 Å². The number of aromatic nitrogens is 2. The Kier molecular flexibility index (Phi) is 8.33. The van der Waals surface area contributed by atoms with Crippen LogP contribution >= 0.6 is 11.8 Å². The second-order valence-electron chi connectivity index (χ2n) is 6.51. The summed E-state index contributed by atoms with van der Waals surface area (Å²) in [5, 5.41) is 5.17. The molecule has 0 saturated carbocycles. The second-order valence-corrected chi connectivity index (χ2v) is 7.45. The van der Waals surface area contributed by atoms with Crippen molar-refractivity contribution in [1.29, 1.82) is 0 Å². The molecule has 0 aliphatic carbocycles. The molecule has 0 aliphatic rings. The van der Waals surface area contributed by atoms with Gasteiger partial charge in [-0.15, -0.1) is 0 Å². The van der Waals surface area contributed by atoms with Gasteiger partial charge in [0.05, 0.1) is 29.0 Å². The molecule has 0 unspecified atom stereocenters.